The number of carbonyl (C=O) groups excluding carboxylic acids is 1. The van der Waals surface area contributed by atoms with Crippen LogP contribution in [0.5, 0.6) is 5.75 Å². The van der Waals surface area contributed by atoms with E-state index in [2.05, 4.69) is 43.2 Å². The van der Waals surface area contributed by atoms with Gasteiger partial charge in [-0.25, -0.2) is 9.97 Å². The van der Waals surface area contributed by atoms with Gasteiger partial charge in [0.25, 0.3) is 5.91 Å². The van der Waals surface area contributed by atoms with Gasteiger partial charge in [-0.3, -0.25) is 4.79 Å². The molecular formula is C23H22F3IN4O2. The first kappa shape index (κ1) is 23.5. The number of rotatable bonds is 5. The van der Waals surface area contributed by atoms with Gasteiger partial charge in [0, 0.05) is 17.0 Å². The summed E-state index contributed by atoms with van der Waals surface area (Å²) >= 11 is 2.22. The second kappa shape index (κ2) is 9.32. The lowest BCUT2D eigenvalue weighted by atomic mass is 9.90. The summed E-state index contributed by atoms with van der Waals surface area (Å²) in [6.45, 7) is 0. The van der Waals surface area contributed by atoms with Crippen LogP contribution in [0.4, 0.5) is 19.0 Å². The van der Waals surface area contributed by atoms with Crippen molar-refractivity contribution in [2.24, 2.45) is 0 Å². The van der Waals surface area contributed by atoms with E-state index in [0.29, 0.717) is 23.1 Å². The molecule has 0 unspecified atom stereocenters. The molecule has 1 fully saturated rings. The summed E-state index contributed by atoms with van der Waals surface area (Å²) in [5, 5.41) is 6.81. The number of methoxy groups -OCH3 is 1. The van der Waals surface area contributed by atoms with Gasteiger partial charge in [-0.2, -0.15) is 13.2 Å². The number of para-hydroxylation sites is 1. The van der Waals surface area contributed by atoms with Crippen molar-refractivity contribution in [3.05, 3.63) is 59.9 Å². The van der Waals surface area contributed by atoms with Gasteiger partial charge < -0.3 is 15.4 Å². The van der Waals surface area contributed by atoms with Crippen LogP contribution in [0.1, 0.15) is 41.9 Å². The van der Waals surface area contributed by atoms with Crippen LogP contribution < -0.4 is 15.4 Å². The van der Waals surface area contributed by atoms with Crippen LogP contribution in [0, 0.1) is 0 Å². The molecule has 33 heavy (non-hydrogen) atoms. The monoisotopic (exact) mass is 570 g/mol. The second-order valence-electron chi connectivity index (χ2n) is 8.00. The van der Waals surface area contributed by atoms with E-state index in [4.69, 9.17) is 4.74 Å². The molecule has 6 nitrogen and oxygen atoms in total. The van der Waals surface area contributed by atoms with Crippen LogP contribution >= 0.6 is 22.6 Å². The number of carbonyl (C=O) groups is 1. The molecule has 0 saturated heterocycles. The quantitative estimate of drug-likeness (QED) is 0.238. The van der Waals surface area contributed by atoms with Crippen molar-refractivity contribution in [1.29, 1.82) is 0 Å². The Morgan fingerprint density at radius 1 is 1.15 bits per heavy atom. The molecule has 1 saturated carbocycles. The third-order valence-electron chi connectivity index (χ3n) is 5.58. The van der Waals surface area contributed by atoms with E-state index >= 15 is 0 Å². The molecule has 3 aromatic rings. The van der Waals surface area contributed by atoms with Crippen LogP contribution in [-0.4, -0.2) is 32.6 Å². The normalized spacial score (nSPS) is 20.9. The lowest BCUT2D eigenvalue weighted by Crippen LogP contribution is -2.46. The van der Waals surface area contributed by atoms with E-state index in [1.54, 1.807) is 49.6 Å². The van der Waals surface area contributed by atoms with E-state index in [0.717, 1.165) is 19.3 Å². The van der Waals surface area contributed by atoms with Gasteiger partial charge >= 0.3 is 6.18 Å². The van der Waals surface area contributed by atoms with Gasteiger partial charge in [-0.1, -0.05) is 34.7 Å². The smallest absolute Gasteiger partial charge is 0.451 e. The van der Waals surface area contributed by atoms with Gasteiger partial charge in [0.2, 0.25) is 5.82 Å². The predicted octanol–water partition coefficient (Wildman–Crippen LogP) is 5.57. The maximum Gasteiger partial charge on any atom is 0.451 e. The maximum atomic E-state index is 13.4. The molecule has 4 rings (SSSR count). The predicted molar refractivity (Wildman–Crippen MR) is 128 cm³/mol. The summed E-state index contributed by atoms with van der Waals surface area (Å²) in [7, 11) is 1.56. The molecule has 0 bridgehead atoms. The second-order valence-corrected chi connectivity index (χ2v) is 10.1. The molecule has 2 atom stereocenters. The number of anilines is 1. The molecule has 10 heteroatoms. The molecule has 174 valence electrons. The van der Waals surface area contributed by atoms with Gasteiger partial charge in [0.1, 0.15) is 11.6 Å². The highest BCUT2D eigenvalue weighted by Crippen LogP contribution is 2.39. The van der Waals surface area contributed by atoms with Crippen molar-refractivity contribution in [2.75, 3.05) is 12.4 Å². The van der Waals surface area contributed by atoms with Crippen molar-refractivity contribution < 1.29 is 22.7 Å². The molecule has 1 aliphatic carbocycles. The summed E-state index contributed by atoms with van der Waals surface area (Å²) < 4.78 is 44.7. The number of nitrogens with one attached hydrogen (secondary N) is 2. The van der Waals surface area contributed by atoms with Crippen molar-refractivity contribution in [1.82, 2.24) is 15.3 Å². The average Bonchev–Trinajstić information content (AvgIpc) is 2.78. The van der Waals surface area contributed by atoms with E-state index in [9.17, 15) is 18.0 Å². The summed E-state index contributed by atoms with van der Waals surface area (Å²) in [5.41, 5.74) is 0.743. The summed E-state index contributed by atoms with van der Waals surface area (Å²) in [6, 6.07) is 13.3. The van der Waals surface area contributed by atoms with E-state index in [1.165, 1.54) is 6.07 Å². The SMILES string of the molecule is COc1ccc(C(=O)N[C@@H]2CCC[C@](I)(Nc3nc(C(F)(F)F)nc4ccccc34)C2)cc1. The highest BCUT2D eigenvalue weighted by molar-refractivity contribution is 14.1. The number of fused-ring (bicyclic) bond motifs is 1. The third kappa shape index (κ3) is 5.48. The van der Waals surface area contributed by atoms with Crippen LogP contribution in [0.25, 0.3) is 10.9 Å². The van der Waals surface area contributed by atoms with Crippen LogP contribution in [0.3, 0.4) is 0 Å². The molecule has 1 amide bonds. The average molecular weight is 570 g/mol. The number of ether oxygens (including phenoxy) is 1. The highest BCUT2D eigenvalue weighted by atomic mass is 127. The summed E-state index contributed by atoms with van der Waals surface area (Å²) in [6.07, 6.45) is -1.80. The molecule has 0 radical (unpaired) electrons. The Morgan fingerprint density at radius 2 is 1.88 bits per heavy atom. The lowest BCUT2D eigenvalue weighted by Gasteiger charge is -2.38. The molecule has 1 aliphatic rings. The van der Waals surface area contributed by atoms with E-state index < -0.39 is 15.5 Å². The number of alkyl halides is 4. The number of aromatic nitrogens is 2. The zero-order valence-electron chi connectivity index (χ0n) is 17.7. The Balaban J connectivity index is 1.53. The first-order valence-electron chi connectivity index (χ1n) is 10.4. The number of halogens is 4. The Bertz CT molecular complexity index is 1160. The van der Waals surface area contributed by atoms with Gasteiger partial charge in [-0.15, -0.1) is 0 Å². The van der Waals surface area contributed by atoms with Gasteiger partial charge in [0.15, 0.2) is 0 Å². The summed E-state index contributed by atoms with van der Waals surface area (Å²) in [5.74, 6) is -0.571. The Morgan fingerprint density at radius 3 is 2.58 bits per heavy atom. The maximum absolute atomic E-state index is 13.4. The number of hydrogen-bond donors (Lipinski definition) is 2. The minimum atomic E-state index is -4.65. The van der Waals surface area contributed by atoms with E-state index in [1.807, 2.05) is 0 Å². The number of hydrogen-bond acceptors (Lipinski definition) is 5. The standard InChI is InChI=1S/C23H22F3IN4O2/c1-33-16-10-8-14(9-11-16)20(32)28-15-5-4-12-22(27,13-15)31-19-17-6-2-3-7-18(17)29-21(30-19)23(24,25)26/h2-3,6-11,15H,4-5,12-13H2,1H3,(H,28,32)(H,29,30,31)/t15-,22+/m1/s1. The Labute approximate surface area is 202 Å². The van der Waals surface area contributed by atoms with Gasteiger partial charge in [-0.05, 0) is 62.1 Å². The lowest BCUT2D eigenvalue weighted by molar-refractivity contribution is -0.144. The zero-order valence-corrected chi connectivity index (χ0v) is 19.9. The first-order chi connectivity index (χ1) is 15.7. The topological polar surface area (TPSA) is 76.1 Å². The van der Waals surface area contributed by atoms with Crippen LogP contribution in [0.15, 0.2) is 48.5 Å². The Hall–Kier alpha value is -2.63. The van der Waals surface area contributed by atoms with Crippen molar-refractivity contribution >= 4 is 45.2 Å². The van der Waals surface area contributed by atoms with Crippen LogP contribution in [-0.2, 0) is 6.18 Å². The molecular weight excluding hydrogens is 548 g/mol. The minimum absolute atomic E-state index is 0.132. The third-order valence-corrected chi connectivity index (χ3v) is 6.83. The molecule has 1 heterocycles. The molecule has 2 aromatic carbocycles. The molecule has 1 aromatic heterocycles. The fourth-order valence-electron chi connectivity index (χ4n) is 3.98. The highest BCUT2D eigenvalue weighted by Gasteiger charge is 2.38. The summed E-state index contributed by atoms with van der Waals surface area (Å²) in [4.78, 5) is 20.2. The van der Waals surface area contributed by atoms with Crippen molar-refractivity contribution in [2.45, 2.75) is 41.4 Å². The first-order valence-corrected chi connectivity index (χ1v) is 11.5. The number of benzene rings is 2. The number of nitrogens with zero attached hydrogens (tertiary/aromatic N) is 2. The van der Waals surface area contributed by atoms with Crippen molar-refractivity contribution in [3.63, 3.8) is 0 Å². The minimum Gasteiger partial charge on any atom is -0.497 e. The fraction of sp³-hybridized carbons (Fsp3) is 0.348. The number of amides is 1. The zero-order chi connectivity index (χ0) is 23.6. The Kier molecular flexibility index (Phi) is 6.64. The van der Waals surface area contributed by atoms with E-state index in [-0.39, 0.29) is 23.3 Å². The molecule has 0 aliphatic heterocycles. The van der Waals surface area contributed by atoms with Gasteiger partial charge in [0.05, 0.1) is 16.2 Å². The fourth-order valence-corrected chi connectivity index (χ4v) is 5.15. The molecule has 2 N–H and O–H groups in total. The molecule has 0 spiro atoms. The largest absolute Gasteiger partial charge is 0.497 e. The van der Waals surface area contributed by atoms with Crippen molar-refractivity contribution in [3.8, 4) is 5.75 Å². The van der Waals surface area contributed by atoms with Crippen LogP contribution in [0.2, 0.25) is 0 Å².